The van der Waals surface area contributed by atoms with Gasteiger partial charge in [-0.25, -0.2) is 0 Å². The first-order valence-corrected chi connectivity index (χ1v) is 7.19. The van der Waals surface area contributed by atoms with Crippen LogP contribution in [0, 0.1) is 0 Å². The van der Waals surface area contributed by atoms with Gasteiger partial charge in [-0.3, -0.25) is 9.69 Å². The van der Waals surface area contributed by atoms with Crippen molar-refractivity contribution < 1.29 is 14.6 Å². The number of carbonyl (C=O) groups excluding carboxylic acids is 1. The summed E-state index contributed by atoms with van der Waals surface area (Å²) in [5.74, 6) is 0.0673. The van der Waals surface area contributed by atoms with E-state index in [1.807, 2.05) is 13.8 Å². The van der Waals surface area contributed by atoms with Crippen LogP contribution in [0.2, 0.25) is 0 Å². The van der Waals surface area contributed by atoms with E-state index in [1.54, 1.807) is 7.11 Å². The molecule has 2 unspecified atom stereocenters. The molecule has 0 aromatic heterocycles. The topological polar surface area (TPSA) is 61.8 Å². The molecule has 1 aliphatic heterocycles. The number of likely N-dealkylation sites (tertiary alicyclic amines) is 1. The standard InChI is InChI=1S/C14H28N2O3/c1-12(13(17)15-8-5-11-19-3)16-9-4-6-14(2,18)7-10-16/h12,18H,4-11H2,1-3H3,(H,15,17). The molecule has 5 heteroatoms. The summed E-state index contributed by atoms with van der Waals surface area (Å²) in [7, 11) is 1.66. The Bertz CT molecular complexity index is 282. The van der Waals surface area contributed by atoms with E-state index < -0.39 is 5.60 Å². The monoisotopic (exact) mass is 272 g/mol. The van der Waals surface area contributed by atoms with Gasteiger partial charge in [-0.1, -0.05) is 0 Å². The predicted octanol–water partition coefficient (Wildman–Crippen LogP) is 0.765. The van der Waals surface area contributed by atoms with Crippen LogP contribution in [0.25, 0.3) is 0 Å². The molecule has 0 radical (unpaired) electrons. The first-order valence-electron chi connectivity index (χ1n) is 7.19. The minimum absolute atomic E-state index is 0.0673. The molecule has 5 nitrogen and oxygen atoms in total. The van der Waals surface area contributed by atoms with Crippen LogP contribution in [0.5, 0.6) is 0 Å². The van der Waals surface area contributed by atoms with E-state index in [1.165, 1.54) is 0 Å². The molecule has 1 saturated heterocycles. The minimum atomic E-state index is -0.580. The van der Waals surface area contributed by atoms with E-state index >= 15 is 0 Å². The highest BCUT2D eigenvalue weighted by Gasteiger charge is 2.29. The molecule has 1 aliphatic rings. The molecule has 2 N–H and O–H groups in total. The van der Waals surface area contributed by atoms with Crippen LogP contribution < -0.4 is 5.32 Å². The van der Waals surface area contributed by atoms with Crippen molar-refractivity contribution in [3.63, 3.8) is 0 Å². The van der Waals surface area contributed by atoms with Gasteiger partial charge in [0.15, 0.2) is 0 Å². The quantitative estimate of drug-likeness (QED) is 0.701. The van der Waals surface area contributed by atoms with Crippen molar-refractivity contribution in [2.45, 2.75) is 51.2 Å². The summed E-state index contributed by atoms with van der Waals surface area (Å²) in [6.07, 6.45) is 3.32. The van der Waals surface area contributed by atoms with Gasteiger partial charge in [0.1, 0.15) is 0 Å². The molecule has 0 saturated carbocycles. The Morgan fingerprint density at radius 2 is 2.21 bits per heavy atom. The Balaban J connectivity index is 2.35. The number of carbonyl (C=O) groups is 1. The number of ether oxygens (including phenoxy) is 1. The van der Waals surface area contributed by atoms with E-state index in [0.29, 0.717) is 13.2 Å². The zero-order chi connectivity index (χ0) is 14.3. The number of aliphatic hydroxyl groups is 1. The molecule has 0 aliphatic carbocycles. The molecule has 1 rings (SSSR count). The molecule has 0 aromatic carbocycles. The number of nitrogens with zero attached hydrogens (tertiary/aromatic N) is 1. The first-order chi connectivity index (χ1) is 8.96. The first kappa shape index (κ1) is 16.4. The van der Waals surface area contributed by atoms with Crippen molar-refractivity contribution in [3.05, 3.63) is 0 Å². The highest BCUT2D eigenvalue weighted by molar-refractivity contribution is 5.81. The lowest BCUT2D eigenvalue weighted by molar-refractivity contribution is -0.126. The fourth-order valence-corrected chi connectivity index (χ4v) is 2.41. The van der Waals surface area contributed by atoms with Gasteiger partial charge in [0.05, 0.1) is 11.6 Å². The molecular formula is C14H28N2O3. The average Bonchev–Trinajstić information content (AvgIpc) is 2.54. The van der Waals surface area contributed by atoms with Crippen molar-refractivity contribution in [1.82, 2.24) is 10.2 Å². The number of hydrogen-bond acceptors (Lipinski definition) is 4. The molecule has 19 heavy (non-hydrogen) atoms. The predicted molar refractivity (Wildman–Crippen MR) is 75.0 cm³/mol. The zero-order valence-electron chi connectivity index (χ0n) is 12.4. The van der Waals surface area contributed by atoms with Crippen LogP contribution in [-0.2, 0) is 9.53 Å². The average molecular weight is 272 g/mol. The Morgan fingerprint density at radius 3 is 2.89 bits per heavy atom. The molecule has 1 heterocycles. The molecule has 0 spiro atoms. The summed E-state index contributed by atoms with van der Waals surface area (Å²) in [4.78, 5) is 14.2. The highest BCUT2D eigenvalue weighted by Crippen LogP contribution is 2.22. The maximum Gasteiger partial charge on any atom is 0.237 e. The molecular weight excluding hydrogens is 244 g/mol. The second-order valence-electron chi connectivity index (χ2n) is 5.70. The van der Waals surface area contributed by atoms with Crippen molar-refractivity contribution in [1.29, 1.82) is 0 Å². The van der Waals surface area contributed by atoms with E-state index in [0.717, 1.165) is 38.8 Å². The summed E-state index contributed by atoms with van der Waals surface area (Å²) in [6, 6.07) is -0.128. The van der Waals surface area contributed by atoms with Crippen LogP contribution in [-0.4, -0.2) is 60.9 Å². The SMILES string of the molecule is COCCCNC(=O)C(C)N1CCCC(C)(O)CC1. The Hall–Kier alpha value is -0.650. The normalized spacial score (nSPS) is 26.7. The van der Waals surface area contributed by atoms with Crippen molar-refractivity contribution in [2.24, 2.45) is 0 Å². The minimum Gasteiger partial charge on any atom is -0.390 e. The van der Waals surface area contributed by atoms with Gasteiger partial charge in [-0.05, 0) is 46.1 Å². The van der Waals surface area contributed by atoms with E-state index in [-0.39, 0.29) is 11.9 Å². The summed E-state index contributed by atoms with van der Waals surface area (Å²) in [6.45, 7) is 6.80. The van der Waals surface area contributed by atoms with Crippen LogP contribution >= 0.6 is 0 Å². The van der Waals surface area contributed by atoms with Gasteiger partial charge < -0.3 is 15.2 Å². The summed E-state index contributed by atoms with van der Waals surface area (Å²) in [5, 5.41) is 13.0. The number of methoxy groups -OCH3 is 1. The largest absolute Gasteiger partial charge is 0.390 e. The van der Waals surface area contributed by atoms with Crippen molar-refractivity contribution in [2.75, 3.05) is 33.4 Å². The van der Waals surface area contributed by atoms with E-state index in [2.05, 4.69) is 10.2 Å². The molecule has 1 fully saturated rings. The van der Waals surface area contributed by atoms with Crippen LogP contribution in [0.15, 0.2) is 0 Å². The van der Waals surface area contributed by atoms with Crippen LogP contribution in [0.3, 0.4) is 0 Å². The van der Waals surface area contributed by atoms with Gasteiger partial charge >= 0.3 is 0 Å². The number of hydrogen-bond donors (Lipinski definition) is 2. The molecule has 0 bridgehead atoms. The second-order valence-corrected chi connectivity index (χ2v) is 5.70. The fraction of sp³-hybridized carbons (Fsp3) is 0.929. The fourth-order valence-electron chi connectivity index (χ4n) is 2.41. The van der Waals surface area contributed by atoms with Gasteiger partial charge in [0, 0.05) is 26.8 Å². The third-order valence-corrected chi connectivity index (χ3v) is 3.85. The number of rotatable bonds is 6. The van der Waals surface area contributed by atoms with Gasteiger partial charge in [0.2, 0.25) is 5.91 Å². The summed E-state index contributed by atoms with van der Waals surface area (Å²) < 4.78 is 4.95. The molecule has 1 amide bonds. The Morgan fingerprint density at radius 1 is 1.47 bits per heavy atom. The van der Waals surface area contributed by atoms with Gasteiger partial charge in [-0.15, -0.1) is 0 Å². The lowest BCUT2D eigenvalue weighted by Crippen LogP contribution is -2.46. The second kappa shape index (κ2) is 7.82. The maximum absolute atomic E-state index is 12.0. The molecule has 112 valence electrons. The third-order valence-electron chi connectivity index (χ3n) is 3.85. The maximum atomic E-state index is 12.0. The Kier molecular flexibility index (Phi) is 6.75. The smallest absolute Gasteiger partial charge is 0.237 e. The summed E-state index contributed by atoms with van der Waals surface area (Å²) >= 11 is 0. The highest BCUT2D eigenvalue weighted by atomic mass is 16.5. The lowest BCUT2D eigenvalue weighted by Gasteiger charge is -2.27. The third kappa shape index (κ3) is 5.89. The number of amides is 1. The van der Waals surface area contributed by atoms with E-state index in [9.17, 15) is 9.90 Å². The van der Waals surface area contributed by atoms with Crippen molar-refractivity contribution >= 4 is 5.91 Å². The van der Waals surface area contributed by atoms with Crippen LogP contribution in [0.4, 0.5) is 0 Å². The molecule has 0 aromatic rings. The summed E-state index contributed by atoms with van der Waals surface area (Å²) in [5.41, 5.74) is -0.580. The lowest BCUT2D eigenvalue weighted by atomic mass is 9.98. The van der Waals surface area contributed by atoms with Gasteiger partial charge in [-0.2, -0.15) is 0 Å². The van der Waals surface area contributed by atoms with E-state index in [4.69, 9.17) is 4.74 Å². The Labute approximate surface area is 116 Å². The van der Waals surface area contributed by atoms with Crippen molar-refractivity contribution in [3.8, 4) is 0 Å². The molecule has 2 atom stereocenters. The zero-order valence-corrected chi connectivity index (χ0v) is 12.4. The number of nitrogens with one attached hydrogen (secondary N) is 1. The van der Waals surface area contributed by atoms with Gasteiger partial charge in [0.25, 0.3) is 0 Å². The van der Waals surface area contributed by atoms with Crippen LogP contribution in [0.1, 0.15) is 39.5 Å².